The molecule has 0 aliphatic rings. The molecule has 5 nitrogen and oxygen atoms in total. The summed E-state index contributed by atoms with van der Waals surface area (Å²) in [4.78, 5) is 12.5. The first kappa shape index (κ1) is 31.5. The van der Waals surface area contributed by atoms with Gasteiger partial charge in [0.2, 0.25) is 0 Å². The number of phenolic OH excluding ortho intramolecular Hbond substituents is 2. The van der Waals surface area contributed by atoms with Gasteiger partial charge in [0.15, 0.2) is 0 Å². The number of carbonyl (C=O) groups excluding carboxylic acids is 1. The van der Waals surface area contributed by atoms with E-state index in [1.807, 2.05) is 0 Å². The van der Waals surface area contributed by atoms with Crippen molar-refractivity contribution in [2.45, 2.75) is 118 Å². The minimum absolute atomic E-state index is 0.182. The first-order valence-corrected chi connectivity index (χ1v) is 13.9. The molecule has 4 N–H and O–H groups in total. The third-order valence-electron chi connectivity index (χ3n) is 6.97. The predicted octanol–water partition coefficient (Wildman–Crippen LogP) is 7.37. The Hall–Kier alpha value is -2.69. The number of hydrogen-bond acceptors (Lipinski definition) is 3. The van der Waals surface area contributed by atoms with Crippen molar-refractivity contribution in [3.05, 3.63) is 57.6 Å². The summed E-state index contributed by atoms with van der Waals surface area (Å²) < 4.78 is 0. The van der Waals surface area contributed by atoms with Crippen molar-refractivity contribution in [1.29, 1.82) is 0 Å². The number of amides is 2. The third-order valence-corrected chi connectivity index (χ3v) is 6.97. The third kappa shape index (κ3) is 8.15. The molecular formula is C33H52N2O3. The van der Waals surface area contributed by atoms with E-state index in [2.05, 4.69) is 118 Å². The van der Waals surface area contributed by atoms with E-state index in [1.54, 1.807) is 0 Å². The average Bonchev–Trinajstić information content (AvgIpc) is 2.72. The fourth-order valence-corrected chi connectivity index (χ4v) is 4.67. The molecule has 0 unspecified atom stereocenters. The number of aromatic hydroxyl groups is 2. The van der Waals surface area contributed by atoms with Gasteiger partial charge in [0, 0.05) is 13.1 Å². The summed E-state index contributed by atoms with van der Waals surface area (Å²) in [5, 5.41) is 27.8. The molecule has 0 heterocycles. The molecule has 2 rings (SSSR count). The van der Waals surface area contributed by atoms with Gasteiger partial charge in [0.05, 0.1) is 0 Å². The molecule has 2 aromatic rings. The standard InChI is InChI=1S/C33H52N2O3/c1-30(2,3)23-17-21(18-24(27(23)36)31(4,5)6)13-15-34-29(38)35-16-14-22-19-25(32(7,8)9)28(37)26(20-22)33(10,11)12/h17-20,36-37H,13-16H2,1-12H3,(H2,34,35,38). The molecule has 0 radical (unpaired) electrons. The van der Waals surface area contributed by atoms with Crippen LogP contribution in [-0.4, -0.2) is 29.3 Å². The monoisotopic (exact) mass is 524 g/mol. The van der Waals surface area contributed by atoms with Gasteiger partial charge in [-0.1, -0.05) is 107 Å². The van der Waals surface area contributed by atoms with Crippen LogP contribution in [0.5, 0.6) is 11.5 Å². The van der Waals surface area contributed by atoms with Gasteiger partial charge in [-0.25, -0.2) is 4.79 Å². The van der Waals surface area contributed by atoms with Crippen molar-refractivity contribution in [1.82, 2.24) is 10.6 Å². The molecule has 0 aromatic heterocycles. The first-order valence-electron chi connectivity index (χ1n) is 13.9. The molecule has 0 saturated carbocycles. The minimum atomic E-state index is -0.193. The van der Waals surface area contributed by atoms with Crippen LogP contribution in [0.4, 0.5) is 4.79 Å². The maximum atomic E-state index is 12.5. The maximum Gasteiger partial charge on any atom is 0.314 e. The highest BCUT2D eigenvalue weighted by Crippen LogP contribution is 2.41. The van der Waals surface area contributed by atoms with Crippen LogP contribution in [0.25, 0.3) is 0 Å². The zero-order valence-electron chi connectivity index (χ0n) is 25.9. The summed E-state index contributed by atoms with van der Waals surface area (Å²) in [5.74, 6) is 0.746. The zero-order chi connectivity index (χ0) is 29.3. The molecule has 2 amide bonds. The lowest BCUT2D eigenvalue weighted by atomic mass is 9.78. The Morgan fingerprint density at radius 3 is 1.00 bits per heavy atom. The van der Waals surface area contributed by atoms with E-state index in [0.717, 1.165) is 33.4 Å². The summed E-state index contributed by atoms with van der Waals surface area (Å²) in [6, 6.07) is 8.06. The van der Waals surface area contributed by atoms with Crippen molar-refractivity contribution in [2.24, 2.45) is 0 Å². The molecule has 0 saturated heterocycles. The number of urea groups is 1. The van der Waals surface area contributed by atoms with Gasteiger partial charge in [-0.2, -0.15) is 0 Å². The zero-order valence-corrected chi connectivity index (χ0v) is 25.9. The second kappa shape index (κ2) is 11.2. The quantitative estimate of drug-likeness (QED) is 0.318. The summed E-state index contributed by atoms with van der Waals surface area (Å²) in [5.41, 5.74) is 5.21. The molecule has 2 aromatic carbocycles. The molecule has 0 atom stereocenters. The van der Waals surface area contributed by atoms with Crippen molar-refractivity contribution in [3.8, 4) is 11.5 Å². The Balaban J connectivity index is 2.05. The van der Waals surface area contributed by atoms with Crippen LogP contribution in [0.15, 0.2) is 24.3 Å². The lowest BCUT2D eigenvalue weighted by Gasteiger charge is -2.28. The van der Waals surface area contributed by atoms with Crippen molar-refractivity contribution < 1.29 is 15.0 Å². The topological polar surface area (TPSA) is 81.6 Å². The molecule has 0 bridgehead atoms. The highest BCUT2D eigenvalue weighted by Gasteiger charge is 2.27. The molecule has 38 heavy (non-hydrogen) atoms. The molecule has 0 fully saturated rings. The fraction of sp³-hybridized carbons (Fsp3) is 0.606. The Bertz CT molecular complexity index is 977. The maximum absolute atomic E-state index is 12.5. The van der Waals surface area contributed by atoms with Gasteiger partial charge >= 0.3 is 6.03 Å². The lowest BCUT2D eigenvalue weighted by Crippen LogP contribution is -2.37. The van der Waals surface area contributed by atoms with Crippen molar-refractivity contribution >= 4 is 6.03 Å². The smallest absolute Gasteiger partial charge is 0.314 e. The van der Waals surface area contributed by atoms with E-state index >= 15 is 0 Å². The van der Waals surface area contributed by atoms with Crippen LogP contribution in [-0.2, 0) is 34.5 Å². The van der Waals surface area contributed by atoms with Crippen LogP contribution in [0.2, 0.25) is 0 Å². The summed E-state index contributed by atoms with van der Waals surface area (Å²) in [6.07, 6.45) is 1.36. The van der Waals surface area contributed by atoms with Crippen LogP contribution in [0.1, 0.15) is 116 Å². The van der Waals surface area contributed by atoms with Gasteiger partial charge < -0.3 is 20.8 Å². The average molecular weight is 525 g/mol. The molecule has 212 valence electrons. The highest BCUT2D eigenvalue weighted by molar-refractivity contribution is 5.73. The second-order valence-electron chi connectivity index (χ2n) is 14.8. The Kier molecular flexibility index (Phi) is 9.29. The second-order valence-corrected chi connectivity index (χ2v) is 14.8. The molecule has 0 spiro atoms. The number of phenols is 2. The van der Waals surface area contributed by atoms with E-state index in [0.29, 0.717) is 37.4 Å². The van der Waals surface area contributed by atoms with Gasteiger partial charge in [0.1, 0.15) is 11.5 Å². The fourth-order valence-electron chi connectivity index (χ4n) is 4.67. The lowest BCUT2D eigenvalue weighted by molar-refractivity contribution is 0.241. The Labute approximate surface area is 231 Å². The molecule has 0 aliphatic carbocycles. The van der Waals surface area contributed by atoms with Gasteiger partial charge in [-0.05, 0) is 67.9 Å². The minimum Gasteiger partial charge on any atom is -0.507 e. The number of benzene rings is 2. The van der Waals surface area contributed by atoms with Gasteiger partial charge in [-0.15, -0.1) is 0 Å². The summed E-state index contributed by atoms with van der Waals surface area (Å²) >= 11 is 0. The van der Waals surface area contributed by atoms with Gasteiger partial charge in [0.25, 0.3) is 0 Å². The summed E-state index contributed by atoms with van der Waals surface area (Å²) in [7, 11) is 0. The molecule has 5 heteroatoms. The van der Waals surface area contributed by atoms with E-state index < -0.39 is 0 Å². The molecular weight excluding hydrogens is 472 g/mol. The number of carbonyl (C=O) groups is 1. The van der Waals surface area contributed by atoms with E-state index in [-0.39, 0.29) is 27.7 Å². The summed E-state index contributed by atoms with van der Waals surface area (Å²) in [6.45, 7) is 26.3. The van der Waals surface area contributed by atoms with E-state index in [1.165, 1.54) is 0 Å². The highest BCUT2D eigenvalue weighted by atomic mass is 16.3. The SMILES string of the molecule is CC(C)(C)c1cc(CCNC(=O)NCCc2cc(C(C)(C)C)c(O)c(C(C)(C)C)c2)cc(C(C)(C)C)c1O. The van der Waals surface area contributed by atoms with Gasteiger partial charge in [-0.3, -0.25) is 0 Å². The number of rotatable bonds is 6. The Morgan fingerprint density at radius 2 is 0.789 bits per heavy atom. The first-order chi connectivity index (χ1) is 17.1. The Morgan fingerprint density at radius 1 is 0.553 bits per heavy atom. The van der Waals surface area contributed by atoms with Crippen molar-refractivity contribution in [3.63, 3.8) is 0 Å². The van der Waals surface area contributed by atoms with E-state index in [9.17, 15) is 15.0 Å². The normalized spacial score (nSPS) is 12.9. The number of nitrogens with one attached hydrogen (secondary N) is 2. The van der Waals surface area contributed by atoms with Crippen LogP contribution >= 0.6 is 0 Å². The largest absolute Gasteiger partial charge is 0.507 e. The van der Waals surface area contributed by atoms with Crippen LogP contribution < -0.4 is 10.6 Å². The van der Waals surface area contributed by atoms with E-state index in [4.69, 9.17) is 0 Å². The molecule has 0 aliphatic heterocycles. The van der Waals surface area contributed by atoms with Crippen molar-refractivity contribution in [2.75, 3.05) is 13.1 Å². The predicted molar refractivity (Wildman–Crippen MR) is 160 cm³/mol. The number of hydrogen-bond donors (Lipinski definition) is 4. The van der Waals surface area contributed by atoms with Crippen LogP contribution in [0.3, 0.4) is 0 Å². The van der Waals surface area contributed by atoms with Crippen LogP contribution in [0, 0.1) is 0 Å².